The topological polar surface area (TPSA) is 51.0 Å². The molecule has 2 aromatic rings. The zero-order valence-electron chi connectivity index (χ0n) is 16.5. The Labute approximate surface area is 161 Å². The lowest BCUT2D eigenvalue weighted by molar-refractivity contribution is 0.0711. The molecule has 5 nitrogen and oxygen atoms in total. The van der Waals surface area contributed by atoms with Gasteiger partial charge in [0, 0.05) is 44.1 Å². The molecule has 5 heteroatoms. The van der Waals surface area contributed by atoms with Crippen molar-refractivity contribution in [3.8, 4) is 0 Å². The van der Waals surface area contributed by atoms with E-state index < -0.39 is 0 Å². The summed E-state index contributed by atoms with van der Waals surface area (Å²) in [4.78, 5) is 19.7. The molecule has 0 aromatic carbocycles. The molecule has 1 amide bonds. The molecule has 2 fully saturated rings. The summed E-state index contributed by atoms with van der Waals surface area (Å²) in [5.74, 6) is 1.13. The lowest BCUT2D eigenvalue weighted by Gasteiger charge is -2.32. The summed E-state index contributed by atoms with van der Waals surface area (Å²) in [6.07, 6.45) is 12.1. The van der Waals surface area contributed by atoms with E-state index in [0.29, 0.717) is 11.8 Å². The number of piperidine rings is 1. The van der Waals surface area contributed by atoms with Gasteiger partial charge >= 0.3 is 0 Å². The maximum atomic E-state index is 13.2. The summed E-state index contributed by atoms with van der Waals surface area (Å²) < 4.78 is 1.82. The first kappa shape index (κ1) is 18.2. The Morgan fingerprint density at radius 2 is 1.78 bits per heavy atom. The highest BCUT2D eigenvalue weighted by Crippen LogP contribution is 2.34. The molecular weight excluding hydrogens is 336 g/mol. The largest absolute Gasteiger partial charge is 0.338 e. The number of aryl methyl sites for hydroxylation is 2. The van der Waals surface area contributed by atoms with Crippen LogP contribution >= 0.6 is 0 Å². The van der Waals surface area contributed by atoms with Crippen molar-refractivity contribution in [3.63, 3.8) is 0 Å². The van der Waals surface area contributed by atoms with Gasteiger partial charge in [0.15, 0.2) is 0 Å². The lowest BCUT2D eigenvalue weighted by Crippen LogP contribution is -2.38. The van der Waals surface area contributed by atoms with Crippen LogP contribution in [0.4, 0.5) is 0 Å². The quantitative estimate of drug-likeness (QED) is 0.818. The summed E-state index contributed by atoms with van der Waals surface area (Å²) in [5, 5.41) is 4.68. The van der Waals surface area contributed by atoms with Gasteiger partial charge in [0.2, 0.25) is 0 Å². The molecule has 27 heavy (non-hydrogen) atoms. The number of pyridine rings is 1. The third-order valence-electron chi connectivity index (χ3n) is 6.27. The molecular formula is C22H30N4O. The minimum absolute atomic E-state index is 0.171. The summed E-state index contributed by atoms with van der Waals surface area (Å²) in [7, 11) is 1.93. The fourth-order valence-corrected chi connectivity index (χ4v) is 4.66. The molecule has 1 saturated heterocycles. The summed E-state index contributed by atoms with van der Waals surface area (Å²) in [6, 6.07) is 4.27. The molecule has 2 aliphatic rings. The molecule has 0 spiro atoms. The van der Waals surface area contributed by atoms with Crippen molar-refractivity contribution in [2.45, 2.75) is 63.7 Å². The van der Waals surface area contributed by atoms with Crippen LogP contribution in [-0.4, -0.2) is 38.7 Å². The molecule has 4 rings (SSSR count). The van der Waals surface area contributed by atoms with Crippen LogP contribution < -0.4 is 0 Å². The van der Waals surface area contributed by atoms with Crippen molar-refractivity contribution in [3.05, 3.63) is 47.0 Å². The van der Waals surface area contributed by atoms with E-state index in [4.69, 9.17) is 0 Å². The van der Waals surface area contributed by atoms with Gasteiger partial charge in [0.05, 0.1) is 11.3 Å². The third kappa shape index (κ3) is 3.92. The van der Waals surface area contributed by atoms with E-state index in [1.807, 2.05) is 35.9 Å². The summed E-state index contributed by atoms with van der Waals surface area (Å²) in [5.41, 5.74) is 4.22. The SMILES string of the molecule is Cc1ccc(C2CCN(C(=O)c3cn(C)nc3C3CCCCC3)CC2)cn1. The summed E-state index contributed by atoms with van der Waals surface area (Å²) >= 11 is 0. The number of aromatic nitrogens is 3. The second-order valence-electron chi connectivity index (χ2n) is 8.24. The fraction of sp³-hybridized carbons (Fsp3) is 0.591. The average Bonchev–Trinajstić information content (AvgIpc) is 3.10. The Kier molecular flexibility index (Phi) is 5.28. The third-order valence-corrected chi connectivity index (χ3v) is 6.27. The van der Waals surface area contributed by atoms with Crippen LogP contribution in [0.5, 0.6) is 0 Å². The van der Waals surface area contributed by atoms with Gasteiger partial charge in [-0.05, 0) is 50.2 Å². The van der Waals surface area contributed by atoms with E-state index in [0.717, 1.165) is 42.9 Å². The van der Waals surface area contributed by atoms with Gasteiger partial charge in [0.1, 0.15) is 0 Å². The van der Waals surface area contributed by atoms with Gasteiger partial charge < -0.3 is 4.90 Å². The average molecular weight is 367 g/mol. The second kappa shape index (κ2) is 7.83. The molecule has 1 aliphatic heterocycles. The van der Waals surface area contributed by atoms with Crippen LogP contribution in [0.3, 0.4) is 0 Å². The van der Waals surface area contributed by atoms with Crippen molar-refractivity contribution in [2.75, 3.05) is 13.1 Å². The van der Waals surface area contributed by atoms with E-state index >= 15 is 0 Å². The molecule has 3 heterocycles. The summed E-state index contributed by atoms with van der Waals surface area (Å²) in [6.45, 7) is 3.65. The minimum atomic E-state index is 0.171. The zero-order valence-corrected chi connectivity index (χ0v) is 16.5. The molecule has 1 aliphatic carbocycles. The van der Waals surface area contributed by atoms with E-state index in [-0.39, 0.29) is 5.91 Å². The zero-order chi connectivity index (χ0) is 18.8. The van der Waals surface area contributed by atoms with Crippen LogP contribution in [0.1, 0.15) is 84.1 Å². The van der Waals surface area contributed by atoms with Gasteiger partial charge in [-0.1, -0.05) is 25.3 Å². The normalized spacial score (nSPS) is 19.4. The Bertz CT molecular complexity index is 781. The molecule has 0 N–H and O–H groups in total. The first-order valence-corrected chi connectivity index (χ1v) is 10.4. The Hall–Kier alpha value is -2.17. The van der Waals surface area contributed by atoms with Gasteiger partial charge in [-0.3, -0.25) is 14.5 Å². The number of likely N-dealkylation sites (tertiary alicyclic amines) is 1. The predicted molar refractivity (Wildman–Crippen MR) is 106 cm³/mol. The van der Waals surface area contributed by atoms with Gasteiger partial charge in [0.25, 0.3) is 5.91 Å². The minimum Gasteiger partial charge on any atom is -0.338 e. The number of amides is 1. The number of carbonyl (C=O) groups is 1. The molecule has 144 valence electrons. The first-order chi connectivity index (χ1) is 13.1. The van der Waals surface area contributed by atoms with Crippen molar-refractivity contribution < 1.29 is 4.79 Å². The maximum Gasteiger partial charge on any atom is 0.257 e. The van der Waals surface area contributed by atoms with E-state index in [1.165, 1.54) is 37.7 Å². The van der Waals surface area contributed by atoms with E-state index in [2.05, 4.69) is 22.2 Å². The first-order valence-electron chi connectivity index (χ1n) is 10.4. The number of hydrogen-bond donors (Lipinski definition) is 0. The molecule has 0 atom stereocenters. The molecule has 0 radical (unpaired) electrons. The van der Waals surface area contributed by atoms with Crippen LogP contribution in [0, 0.1) is 6.92 Å². The van der Waals surface area contributed by atoms with Crippen LogP contribution in [-0.2, 0) is 7.05 Å². The van der Waals surface area contributed by atoms with Gasteiger partial charge in [-0.25, -0.2) is 0 Å². The highest BCUT2D eigenvalue weighted by Gasteiger charge is 2.30. The van der Waals surface area contributed by atoms with Crippen molar-refractivity contribution >= 4 is 5.91 Å². The predicted octanol–water partition coefficient (Wildman–Crippen LogP) is 4.19. The fourth-order valence-electron chi connectivity index (χ4n) is 4.66. The van der Waals surface area contributed by atoms with Gasteiger partial charge in [-0.2, -0.15) is 5.10 Å². The van der Waals surface area contributed by atoms with E-state index in [1.54, 1.807) is 0 Å². The lowest BCUT2D eigenvalue weighted by atomic mass is 9.85. The monoisotopic (exact) mass is 366 g/mol. The smallest absolute Gasteiger partial charge is 0.257 e. The van der Waals surface area contributed by atoms with E-state index in [9.17, 15) is 4.79 Å². The Morgan fingerprint density at radius 3 is 2.44 bits per heavy atom. The number of carbonyl (C=O) groups excluding carboxylic acids is 1. The standard InChI is InChI=1S/C22H30N4O/c1-16-8-9-19(14-23-16)17-10-12-26(13-11-17)22(27)20-15-25(2)24-21(20)18-6-4-3-5-7-18/h8-9,14-15,17-18H,3-7,10-13H2,1-2H3. The van der Waals surface area contributed by atoms with Crippen LogP contribution in [0.2, 0.25) is 0 Å². The number of rotatable bonds is 3. The molecule has 0 unspecified atom stereocenters. The highest BCUT2D eigenvalue weighted by molar-refractivity contribution is 5.95. The maximum absolute atomic E-state index is 13.2. The second-order valence-corrected chi connectivity index (χ2v) is 8.24. The van der Waals surface area contributed by atoms with Crippen molar-refractivity contribution in [1.29, 1.82) is 0 Å². The molecule has 0 bridgehead atoms. The molecule has 2 aromatic heterocycles. The van der Waals surface area contributed by atoms with Crippen molar-refractivity contribution in [2.24, 2.45) is 7.05 Å². The van der Waals surface area contributed by atoms with Crippen molar-refractivity contribution in [1.82, 2.24) is 19.7 Å². The number of nitrogens with zero attached hydrogens (tertiary/aromatic N) is 4. The Morgan fingerprint density at radius 1 is 1.04 bits per heavy atom. The van der Waals surface area contributed by atoms with Crippen LogP contribution in [0.25, 0.3) is 0 Å². The van der Waals surface area contributed by atoms with Crippen LogP contribution in [0.15, 0.2) is 24.5 Å². The van der Waals surface area contributed by atoms with Gasteiger partial charge in [-0.15, -0.1) is 0 Å². The Balaban J connectivity index is 1.44. The highest BCUT2D eigenvalue weighted by atomic mass is 16.2. The molecule has 1 saturated carbocycles. The number of hydrogen-bond acceptors (Lipinski definition) is 3.